The molecule has 1 aliphatic heterocycles. The average Bonchev–Trinajstić information content (AvgIpc) is 3.15. The number of aliphatic hydroxyl groups is 3. The molecule has 1 fully saturated rings. The first-order chi connectivity index (χ1) is 17.5. The molecule has 1 aliphatic rings. The number of carbonyl (C=O) groups excluding carboxylic acids is 1. The Morgan fingerprint density at radius 2 is 1.61 bits per heavy atom. The van der Waals surface area contributed by atoms with Crippen LogP contribution in [0.25, 0.3) is 0 Å². The Balaban J connectivity index is 1.55. The molecular formula is C27H45N3O6. The second kappa shape index (κ2) is 17.4. The van der Waals surface area contributed by atoms with E-state index in [2.05, 4.69) is 29.4 Å². The van der Waals surface area contributed by atoms with Crippen LogP contribution in [0.15, 0.2) is 29.2 Å². The third-order valence-corrected chi connectivity index (χ3v) is 6.55. The van der Waals surface area contributed by atoms with Gasteiger partial charge in [0.05, 0.1) is 6.61 Å². The largest absolute Gasteiger partial charge is 0.394 e. The van der Waals surface area contributed by atoms with Crippen LogP contribution in [0.5, 0.6) is 0 Å². The van der Waals surface area contributed by atoms with E-state index in [9.17, 15) is 24.9 Å². The number of nitrogens with zero attached hydrogens (tertiary/aromatic N) is 2. The number of aromatic nitrogens is 2. The normalized spacial score (nSPS) is 21.9. The van der Waals surface area contributed by atoms with E-state index in [1.165, 1.54) is 63.6 Å². The Kier molecular flexibility index (Phi) is 14.6. The number of amides is 1. The summed E-state index contributed by atoms with van der Waals surface area (Å²) in [5, 5.41) is 31.7. The lowest BCUT2D eigenvalue weighted by molar-refractivity contribution is -0.116. The minimum Gasteiger partial charge on any atom is -0.394 e. The minimum atomic E-state index is -1.37. The second-order valence-corrected chi connectivity index (χ2v) is 9.61. The first-order valence-electron chi connectivity index (χ1n) is 13.6. The van der Waals surface area contributed by atoms with Gasteiger partial charge < -0.3 is 25.4 Å². The molecule has 2 heterocycles. The van der Waals surface area contributed by atoms with Crippen LogP contribution in [0, 0.1) is 0 Å². The van der Waals surface area contributed by atoms with Gasteiger partial charge in [-0.3, -0.25) is 9.36 Å². The van der Waals surface area contributed by atoms with Crippen molar-refractivity contribution in [2.45, 2.75) is 121 Å². The van der Waals surface area contributed by atoms with Crippen LogP contribution in [-0.4, -0.2) is 55.7 Å². The molecule has 4 N–H and O–H groups in total. The second-order valence-electron chi connectivity index (χ2n) is 9.61. The summed E-state index contributed by atoms with van der Waals surface area (Å²) in [5.74, 6) is -0.0778. The molecule has 1 unspecified atom stereocenters. The van der Waals surface area contributed by atoms with E-state index in [4.69, 9.17) is 4.74 Å². The summed E-state index contributed by atoms with van der Waals surface area (Å²) in [7, 11) is 0. The Morgan fingerprint density at radius 3 is 2.19 bits per heavy atom. The molecule has 0 aromatic carbocycles. The smallest absolute Gasteiger partial charge is 0.351 e. The zero-order chi connectivity index (χ0) is 26.2. The van der Waals surface area contributed by atoms with Gasteiger partial charge in [0.25, 0.3) is 0 Å². The molecular weight excluding hydrogens is 462 g/mol. The summed E-state index contributed by atoms with van der Waals surface area (Å²) in [5.41, 5.74) is -0.733. The van der Waals surface area contributed by atoms with Gasteiger partial charge in [-0.05, 0) is 38.2 Å². The monoisotopic (exact) mass is 507 g/mol. The van der Waals surface area contributed by atoms with Crippen molar-refractivity contribution in [1.29, 1.82) is 0 Å². The highest BCUT2D eigenvalue weighted by molar-refractivity contribution is 5.89. The van der Waals surface area contributed by atoms with Crippen molar-refractivity contribution in [1.82, 2.24) is 9.55 Å². The Morgan fingerprint density at radius 1 is 1.00 bits per heavy atom. The van der Waals surface area contributed by atoms with Gasteiger partial charge in [0.15, 0.2) is 6.23 Å². The number of ether oxygens (including phenoxy) is 1. The lowest BCUT2D eigenvalue weighted by Gasteiger charge is -2.17. The third kappa shape index (κ3) is 10.5. The van der Waals surface area contributed by atoms with E-state index in [0.717, 1.165) is 36.7 Å². The van der Waals surface area contributed by atoms with E-state index in [-0.39, 0.29) is 11.7 Å². The molecule has 0 aliphatic carbocycles. The van der Waals surface area contributed by atoms with Crippen molar-refractivity contribution in [3.8, 4) is 0 Å². The third-order valence-electron chi connectivity index (χ3n) is 6.55. The molecule has 4 atom stereocenters. The quantitative estimate of drug-likeness (QED) is 0.175. The lowest BCUT2D eigenvalue weighted by Crippen LogP contribution is -2.36. The molecule has 1 saturated heterocycles. The van der Waals surface area contributed by atoms with Crippen molar-refractivity contribution < 1.29 is 24.9 Å². The molecule has 1 amide bonds. The fourth-order valence-corrected chi connectivity index (χ4v) is 4.35. The van der Waals surface area contributed by atoms with Crippen LogP contribution in [-0.2, 0) is 9.53 Å². The highest BCUT2D eigenvalue weighted by Crippen LogP contribution is 2.28. The molecule has 204 valence electrons. The first kappa shape index (κ1) is 30.2. The lowest BCUT2D eigenvalue weighted by atomic mass is 10.1. The summed E-state index contributed by atoms with van der Waals surface area (Å²) >= 11 is 0. The number of aliphatic hydroxyl groups excluding tert-OH is 3. The van der Waals surface area contributed by atoms with Crippen LogP contribution in [0.2, 0.25) is 0 Å². The molecule has 1 aromatic heterocycles. The topological polar surface area (TPSA) is 134 Å². The van der Waals surface area contributed by atoms with Crippen LogP contribution in [0.4, 0.5) is 5.82 Å². The number of allylic oxidation sites excluding steroid dienone is 2. The maximum absolute atomic E-state index is 12.3. The predicted octanol–water partition coefficient (Wildman–Crippen LogP) is 3.83. The van der Waals surface area contributed by atoms with Crippen LogP contribution >= 0.6 is 0 Å². The van der Waals surface area contributed by atoms with Crippen LogP contribution in [0.1, 0.15) is 103 Å². The van der Waals surface area contributed by atoms with Gasteiger partial charge in [-0.25, -0.2) is 4.79 Å². The summed E-state index contributed by atoms with van der Waals surface area (Å²) in [4.78, 5) is 28.3. The summed E-state index contributed by atoms with van der Waals surface area (Å²) in [6.45, 7) is 1.76. The molecule has 9 nitrogen and oxygen atoms in total. The van der Waals surface area contributed by atoms with Gasteiger partial charge in [-0.15, -0.1) is 0 Å². The van der Waals surface area contributed by atoms with E-state index in [0.29, 0.717) is 6.42 Å². The number of carbonyl (C=O) groups is 1. The van der Waals surface area contributed by atoms with Gasteiger partial charge >= 0.3 is 5.69 Å². The van der Waals surface area contributed by atoms with Gasteiger partial charge in [0, 0.05) is 12.6 Å². The minimum absolute atomic E-state index is 0.126. The molecule has 2 rings (SSSR count). The zero-order valence-electron chi connectivity index (χ0n) is 21.7. The van der Waals surface area contributed by atoms with Crippen molar-refractivity contribution in [2.75, 3.05) is 11.9 Å². The standard InChI is InChI=1S/C27H45N3O6/c1-2-3-4-5-6-7-8-9-10-11-12-13-14-15-16-17-23(32)28-22-18-19-30(27(35)29-22)26-25(34)24(33)21(20-31)36-26/h9-10,18-19,21,24-26,31,33-34H,2-8,11-17,20H2,1H3,(H,28,29,32,35)/b10-9-/t21-,24-,25+,26?/m1/s1. The molecule has 9 heteroatoms. The SMILES string of the molecule is CCCCCCCC/C=C\CCCCCCCC(=O)Nc1ccn(C2O[C@H](CO)[C@@H](O)[C@@H]2O)c(=O)n1. The van der Waals surface area contributed by atoms with Gasteiger partial charge in [0.1, 0.15) is 24.1 Å². The van der Waals surface area contributed by atoms with Crippen molar-refractivity contribution in [3.63, 3.8) is 0 Å². The number of nitrogens with one attached hydrogen (secondary N) is 1. The number of anilines is 1. The van der Waals surface area contributed by atoms with Crippen molar-refractivity contribution >= 4 is 11.7 Å². The maximum atomic E-state index is 12.3. The summed E-state index contributed by atoms with van der Waals surface area (Å²) < 4.78 is 6.37. The molecule has 0 radical (unpaired) electrons. The van der Waals surface area contributed by atoms with E-state index in [1.807, 2.05) is 0 Å². The number of unbranched alkanes of at least 4 members (excludes halogenated alkanes) is 11. The Labute approximate surface area is 214 Å². The molecule has 0 saturated carbocycles. The van der Waals surface area contributed by atoms with Crippen LogP contribution in [0.3, 0.4) is 0 Å². The van der Waals surface area contributed by atoms with Crippen molar-refractivity contribution in [3.05, 3.63) is 34.9 Å². The maximum Gasteiger partial charge on any atom is 0.351 e. The Hall–Kier alpha value is -2.07. The number of rotatable bonds is 18. The first-order valence-corrected chi connectivity index (χ1v) is 13.6. The number of hydrogen-bond donors (Lipinski definition) is 4. The van der Waals surface area contributed by atoms with Crippen molar-refractivity contribution in [2.24, 2.45) is 0 Å². The van der Waals surface area contributed by atoms with E-state index in [1.54, 1.807) is 0 Å². The average molecular weight is 508 g/mol. The predicted molar refractivity (Wildman–Crippen MR) is 140 cm³/mol. The van der Waals surface area contributed by atoms with Crippen LogP contribution < -0.4 is 11.0 Å². The van der Waals surface area contributed by atoms with E-state index >= 15 is 0 Å². The highest BCUT2D eigenvalue weighted by atomic mass is 16.6. The fraction of sp³-hybridized carbons (Fsp3) is 0.741. The molecule has 36 heavy (non-hydrogen) atoms. The summed E-state index contributed by atoms with van der Waals surface area (Å²) in [6.07, 6.45) is 17.0. The van der Waals surface area contributed by atoms with E-state index < -0.39 is 36.8 Å². The Bertz CT molecular complexity index is 843. The molecule has 0 spiro atoms. The zero-order valence-corrected chi connectivity index (χ0v) is 21.7. The fourth-order valence-electron chi connectivity index (χ4n) is 4.35. The number of hydrogen-bond acceptors (Lipinski definition) is 7. The molecule has 0 bridgehead atoms. The molecule has 1 aromatic rings. The van der Waals surface area contributed by atoms with Gasteiger partial charge in [-0.2, -0.15) is 4.98 Å². The highest BCUT2D eigenvalue weighted by Gasteiger charge is 2.43. The van der Waals surface area contributed by atoms with Gasteiger partial charge in [-0.1, -0.05) is 70.4 Å². The summed E-state index contributed by atoms with van der Waals surface area (Å²) in [6, 6.07) is 1.44. The van der Waals surface area contributed by atoms with Gasteiger partial charge in [0.2, 0.25) is 5.91 Å².